The number of piperidine rings is 1. The Balaban J connectivity index is 0.00000304. The molecule has 0 radical (unpaired) electrons. The molecule has 0 aliphatic carbocycles. The minimum absolute atomic E-state index is 0. The molecule has 36 heavy (non-hydrogen) atoms. The van der Waals surface area contributed by atoms with Crippen LogP contribution in [-0.4, -0.2) is 53.4 Å². The fourth-order valence-electron chi connectivity index (χ4n) is 4.49. The summed E-state index contributed by atoms with van der Waals surface area (Å²) in [6, 6.07) is 10.6. The predicted octanol–water partition coefficient (Wildman–Crippen LogP) is 2.40. The van der Waals surface area contributed by atoms with Crippen LogP contribution in [0.2, 0.25) is 5.02 Å². The van der Waals surface area contributed by atoms with E-state index in [9.17, 15) is 9.59 Å². The van der Waals surface area contributed by atoms with Crippen LogP contribution >= 0.6 is 24.0 Å². The Morgan fingerprint density at radius 2 is 1.97 bits per heavy atom. The van der Waals surface area contributed by atoms with E-state index in [1.807, 2.05) is 19.1 Å². The molecule has 12 heteroatoms. The molecule has 2 aliphatic rings. The monoisotopic (exact) mass is 531 g/mol. The third-order valence-corrected chi connectivity index (χ3v) is 6.59. The molecule has 1 atom stereocenters. The number of imidazole rings is 1. The zero-order valence-corrected chi connectivity index (χ0v) is 21.1. The predicted molar refractivity (Wildman–Crippen MR) is 141 cm³/mol. The molecule has 3 aromatic rings. The van der Waals surface area contributed by atoms with Gasteiger partial charge in [0.25, 0.3) is 11.8 Å². The molecule has 0 spiro atoms. The molecule has 1 saturated heterocycles. The lowest BCUT2D eigenvalue weighted by Gasteiger charge is -2.25. The van der Waals surface area contributed by atoms with Gasteiger partial charge in [0.2, 0.25) is 5.54 Å². The normalized spacial score (nSPS) is 20.0. The standard InChI is InChI=1S/C24H26ClN7O3.ClH/c1-13-10-16(35-15-6-8-27-9-7-15)3-5-17(13)30-21(33)20-24(22(26)34,29-12-28-20)23-31-18-4-2-14(25)11-19(18)32-23;/h2-5,10-11,15,27,29H,6-9,12H2,1H3,(H2,26,34)(H,30,33)(H,31,32);1H. The van der Waals surface area contributed by atoms with E-state index in [2.05, 4.69) is 30.9 Å². The summed E-state index contributed by atoms with van der Waals surface area (Å²) in [5, 5.41) is 9.64. The Bertz CT molecular complexity index is 1340. The summed E-state index contributed by atoms with van der Waals surface area (Å²) in [5.41, 5.74) is 6.63. The number of amides is 2. The fraction of sp³-hybridized carbons (Fsp3) is 0.333. The van der Waals surface area contributed by atoms with Crippen LogP contribution in [0.1, 0.15) is 24.2 Å². The van der Waals surface area contributed by atoms with Gasteiger partial charge in [0.15, 0.2) is 0 Å². The number of carbonyl (C=O) groups excluding carboxylic acids is 2. The van der Waals surface area contributed by atoms with Gasteiger partial charge in [-0.15, -0.1) is 12.4 Å². The van der Waals surface area contributed by atoms with Crippen LogP contribution in [0.4, 0.5) is 5.69 Å². The Hall–Kier alpha value is -3.18. The smallest absolute Gasteiger partial charge is 0.272 e. The first-order valence-electron chi connectivity index (χ1n) is 11.4. The number of fused-ring (bicyclic) bond motifs is 1. The van der Waals surface area contributed by atoms with Crippen LogP contribution in [0.3, 0.4) is 0 Å². The maximum absolute atomic E-state index is 13.3. The van der Waals surface area contributed by atoms with Crippen molar-refractivity contribution in [3.05, 3.63) is 52.8 Å². The highest BCUT2D eigenvalue weighted by molar-refractivity contribution is 6.50. The molecule has 1 unspecified atom stereocenters. The summed E-state index contributed by atoms with van der Waals surface area (Å²) >= 11 is 6.08. The molecule has 1 fully saturated rings. The Morgan fingerprint density at radius 3 is 2.69 bits per heavy atom. The van der Waals surface area contributed by atoms with Gasteiger partial charge in [0.1, 0.15) is 23.4 Å². The first kappa shape index (κ1) is 25.9. The van der Waals surface area contributed by atoms with Crippen molar-refractivity contribution in [1.82, 2.24) is 20.6 Å². The van der Waals surface area contributed by atoms with Crippen LogP contribution < -0.4 is 26.4 Å². The second-order valence-corrected chi connectivity index (χ2v) is 9.14. The molecule has 0 bridgehead atoms. The van der Waals surface area contributed by atoms with Gasteiger partial charge in [-0.1, -0.05) is 11.6 Å². The van der Waals surface area contributed by atoms with Gasteiger partial charge in [-0.3, -0.25) is 19.9 Å². The van der Waals surface area contributed by atoms with E-state index in [0.717, 1.165) is 37.2 Å². The van der Waals surface area contributed by atoms with E-state index >= 15 is 0 Å². The van der Waals surface area contributed by atoms with Crippen molar-refractivity contribution >= 4 is 58.3 Å². The van der Waals surface area contributed by atoms with Gasteiger partial charge < -0.3 is 26.1 Å². The molecule has 10 nitrogen and oxygen atoms in total. The Labute approximate surface area is 218 Å². The number of anilines is 1. The van der Waals surface area contributed by atoms with E-state index in [4.69, 9.17) is 22.1 Å². The molecular weight excluding hydrogens is 505 g/mol. The van der Waals surface area contributed by atoms with E-state index < -0.39 is 17.4 Å². The number of nitrogens with zero attached hydrogens (tertiary/aromatic N) is 2. The third kappa shape index (κ3) is 4.77. The Kier molecular flexibility index (Phi) is 7.51. The van der Waals surface area contributed by atoms with Crippen molar-refractivity contribution < 1.29 is 14.3 Å². The Morgan fingerprint density at radius 1 is 1.19 bits per heavy atom. The number of hydrogen-bond acceptors (Lipinski definition) is 7. The first-order chi connectivity index (χ1) is 16.9. The van der Waals surface area contributed by atoms with Crippen molar-refractivity contribution in [2.75, 3.05) is 25.1 Å². The van der Waals surface area contributed by atoms with Gasteiger partial charge in [0, 0.05) is 10.7 Å². The second-order valence-electron chi connectivity index (χ2n) is 8.70. The summed E-state index contributed by atoms with van der Waals surface area (Å²) in [7, 11) is 0. The third-order valence-electron chi connectivity index (χ3n) is 6.36. The maximum Gasteiger partial charge on any atom is 0.272 e. The quantitative estimate of drug-likeness (QED) is 0.330. The highest BCUT2D eigenvalue weighted by atomic mass is 35.5. The summed E-state index contributed by atoms with van der Waals surface area (Å²) in [6.45, 7) is 3.79. The lowest BCUT2D eigenvalue weighted by Crippen LogP contribution is -2.58. The number of nitrogens with two attached hydrogens (primary N) is 1. The number of halogens is 2. The molecule has 2 aromatic carbocycles. The average molecular weight is 532 g/mol. The van der Waals surface area contributed by atoms with E-state index in [-0.39, 0.29) is 36.7 Å². The minimum Gasteiger partial charge on any atom is -0.490 e. The number of aromatic amines is 1. The summed E-state index contributed by atoms with van der Waals surface area (Å²) in [6.07, 6.45) is 2.08. The van der Waals surface area contributed by atoms with Crippen LogP contribution in [-0.2, 0) is 15.1 Å². The number of rotatable bonds is 6. The molecule has 3 heterocycles. The number of nitrogens with one attached hydrogen (secondary N) is 4. The van der Waals surface area contributed by atoms with E-state index in [1.54, 1.807) is 24.3 Å². The molecule has 6 N–H and O–H groups in total. The van der Waals surface area contributed by atoms with Crippen LogP contribution in [0.25, 0.3) is 11.0 Å². The summed E-state index contributed by atoms with van der Waals surface area (Å²) < 4.78 is 6.09. The molecule has 190 valence electrons. The van der Waals surface area contributed by atoms with Crippen molar-refractivity contribution in [2.24, 2.45) is 10.7 Å². The van der Waals surface area contributed by atoms with Gasteiger partial charge in [-0.05, 0) is 74.8 Å². The lowest BCUT2D eigenvalue weighted by atomic mass is 9.91. The average Bonchev–Trinajstić information content (AvgIpc) is 3.46. The molecule has 1 aromatic heterocycles. The highest BCUT2D eigenvalue weighted by Gasteiger charge is 2.52. The maximum atomic E-state index is 13.3. The van der Waals surface area contributed by atoms with Crippen molar-refractivity contribution in [1.29, 1.82) is 0 Å². The minimum atomic E-state index is -1.71. The zero-order chi connectivity index (χ0) is 24.6. The van der Waals surface area contributed by atoms with Gasteiger partial charge in [-0.25, -0.2) is 4.98 Å². The van der Waals surface area contributed by atoms with E-state index in [1.165, 1.54) is 0 Å². The van der Waals surface area contributed by atoms with Gasteiger partial charge in [-0.2, -0.15) is 0 Å². The highest BCUT2D eigenvalue weighted by Crippen LogP contribution is 2.29. The number of hydrogen-bond donors (Lipinski definition) is 5. The molecule has 2 amide bonds. The largest absolute Gasteiger partial charge is 0.490 e. The number of ether oxygens (including phenoxy) is 1. The van der Waals surface area contributed by atoms with Crippen molar-refractivity contribution in [3.63, 3.8) is 0 Å². The number of H-pyrrole nitrogens is 1. The zero-order valence-electron chi connectivity index (χ0n) is 19.6. The summed E-state index contributed by atoms with van der Waals surface area (Å²) in [4.78, 5) is 37.9. The molecule has 0 saturated carbocycles. The number of aliphatic imine (C=N–C) groups is 1. The van der Waals surface area contributed by atoms with Crippen LogP contribution in [0.5, 0.6) is 5.75 Å². The molecular formula is C24H27Cl2N7O3. The fourth-order valence-corrected chi connectivity index (χ4v) is 4.67. The van der Waals surface area contributed by atoms with E-state index in [0.29, 0.717) is 21.7 Å². The second kappa shape index (κ2) is 10.4. The number of aromatic nitrogens is 2. The number of aryl methyl sites for hydroxylation is 1. The summed E-state index contributed by atoms with van der Waals surface area (Å²) in [5.74, 6) is -0.422. The molecule has 2 aliphatic heterocycles. The topological polar surface area (TPSA) is 147 Å². The van der Waals surface area contributed by atoms with Gasteiger partial charge >= 0.3 is 0 Å². The lowest BCUT2D eigenvalue weighted by molar-refractivity contribution is -0.123. The van der Waals surface area contributed by atoms with Crippen LogP contribution in [0, 0.1) is 6.92 Å². The SMILES string of the molecule is Cc1cc(OC2CCNCC2)ccc1NC(=O)C1=NCNC1(C(N)=O)c1nc2ccc(Cl)cc2[nH]1.Cl. The molecule has 5 rings (SSSR count). The number of carbonyl (C=O) groups is 2. The first-order valence-corrected chi connectivity index (χ1v) is 11.8. The van der Waals surface area contributed by atoms with Crippen molar-refractivity contribution in [2.45, 2.75) is 31.4 Å². The van der Waals surface area contributed by atoms with Crippen molar-refractivity contribution in [3.8, 4) is 5.75 Å². The number of benzene rings is 2. The number of primary amides is 1. The van der Waals surface area contributed by atoms with Crippen LogP contribution in [0.15, 0.2) is 41.4 Å². The van der Waals surface area contributed by atoms with Gasteiger partial charge in [0.05, 0.1) is 17.7 Å².